The monoisotopic (exact) mass is 354 g/mol. The summed E-state index contributed by atoms with van der Waals surface area (Å²) in [6.45, 7) is 1.78. The summed E-state index contributed by atoms with van der Waals surface area (Å²) in [5.74, 6) is -0.395. The van der Waals surface area contributed by atoms with Crippen molar-refractivity contribution in [1.82, 2.24) is 10.2 Å². The molecule has 2 atom stereocenters. The molecule has 0 aromatic heterocycles. The molecule has 0 radical (unpaired) electrons. The summed E-state index contributed by atoms with van der Waals surface area (Å²) in [5.41, 5.74) is 1.98. The Morgan fingerprint density at radius 1 is 1.12 bits per heavy atom. The first kappa shape index (κ1) is 17.2. The molecule has 5 heteroatoms. The maximum absolute atomic E-state index is 13.0. The van der Waals surface area contributed by atoms with Crippen molar-refractivity contribution in [3.05, 3.63) is 71.5 Å². The third kappa shape index (κ3) is 3.79. The molecule has 2 aromatic carbocycles. The molecule has 1 aliphatic heterocycles. The first-order valence-corrected chi connectivity index (χ1v) is 9.17. The van der Waals surface area contributed by atoms with Gasteiger partial charge < -0.3 is 10.1 Å². The van der Waals surface area contributed by atoms with Crippen molar-refractivity contribution in [2.75, 3.05) is 13.2 Å². The Balaban J connectivity index is 1.50. The molecule has 0 spiro atoms. The van der Waals surface area contributed by atoms with Gasteiger partial charge >= 0.3 is 0 Å². The molecule has 2 aromatic rings. The minimum atomic E-state index is -0.535. The average molecular weight is 354 g/mol. The van der Waals surface area contributed by atoms with Crippen LogP contribution < -0.4 is 5.32 Å². The van der Waals surface area contributed by atoms with E-state index in [1.165, 1.54) is 25.0 Å². The van der Waals surface area contributed by atoms with Gasteiger partial charge in [0.15, 0.2) is 6.10 Å². The fourth-order valence-electron chi connectivity index (χ4n) is 3.63. The molecule has 2 fully saturated rings. The predicted octanol–water partition coefficient (Wildman–Crippen LogP) is 3.05. The third-order valence-corrected chi connectivity index (χ3v) is 5.09. The molecule has 1 amide bonds. The number of carbonyl (C=O) groups excluding carboxylic acids is 1. The molecular weight excluding hydrogens is 331 g/mol. The molecule has 1 aliphatic carbocycles. The number of rotatable bonds is 5. The van der Waals surface area contributed by atoms with E-state index in [9.17, 15) is 9.18 Å². The van der Waals surface area contributed by atoms with Crippen molar-refractivity contribution in [3.63, 3.8) is 0 Å². The van der Waals surface area contributed by atoms with Crippen LogP contribution in [-0.4, -0.2) is 36.1 Å². The van der Waals surface area contributed by atoms with E-state index >= 15 is 0 Å². The number of morpholine rings is 1. The van der Waals surface area contributed by atoms with E-state index in [1.54, 1.807) is 12.1 Å². The Morgan fingerprint density at radius 3 is 2.54 bits per heavy atom. The topological polar surface area (TPSA) is 41.6 Å². The number of carbonyl (C=O) groups is 1. The lowest BCUT2D eigenvalue weighted by atomic mass is 9.97. The second-order valence-electron chi connectivity index (χ2n) is 6.96. The number of halogens is 1. The fourth-order valence-corrected chi connectivity index (χ4v) is 3.63. The lowest BCUT2D eigenvalue weighted by Gasteiger charge is -2.41. The van der Waals surface area contributed by atoms with Crippen molar-refractivity contribution < 1.29 is 13.9 Å². The smallest absolute Gasteiger partial charge is 0.251 e. The van der Waals surface area contributed by atoms with Gasteiger partial charge in [-0.05, 0) is 36.1 Å². The number of ether oxygens (including phenoxy) is 1. The highest BCUT2D eigenvalue weighted by atomic mass is 19.1. The Morgan fingerprint density at radius 2 is 1.85 bits per heavy atom. The van der Waals surface area contributed by atoms with Crippen LogP contribution >= 0.6 is 0 Å². The maximum atomic E-state index is 13.0. The van der Waals surface area contributed by atoms with E-state index in [1.807, 2.05) is 18.2 Å². The Hall–Kier alpha value is -2.24. The van der Waals surface area contributed by atoms with Gasteiger partial charge in [-0.3, -0.25) is 9.69 Å². The average Bonchev–Trinajstić information content (AvgIpc) is 3.52. The summed E-state index contributed by atoms with van der Waals surface area (Å²) in [5, 5.41) is 2.95. The van der Waals surface area contributed by atoms with E-state index in [2.05, 4.69) is 22.3 Å². The van der Waals surface area contributed by atoms with Crippen LogP contribution in [0.4, 0.5) is 4.39 Å². The van der Waals surface area contributed by atoms with Gasteiger partial charge in [-0.15, -0.1) is 0 Å². The molecule has 26 heavy (non-hydrogen) atoms. The van der Waals surface area contributed by atoms with Gasteiger partial charge in [-0.1, -0.05) is 42.5 Å². The van der Waals surface area contributed by atoms with Gasteiger partial charge in [-0.2, -0.15) is 0 Å². The molecule has 4 nitrogen and oxygen atoms in total. The zero-order valence-corrected chi connectivity index (χ0v) is 14.6. The van der Waals surface area contributed by atoms with Crippen LogP contribution in [0.3, 0.4) is 0 Å². The molecular formula is C21H23FN2O2. The van der Waals surface area contributed by atoms with Crippen LogP contribution in [0.2, 0.25) is 0 Å². The summed E-state index contributed by atoms with van der Waals surface area (Å²) in [4.78, 5) is 15.3. The Labute approximate surface area is 153 Å². The number of hydrogen-bond acceptors (Lipinski definition) is 3. The lowest BCUT2D eigenvalue weighted by molar-refractivity contribution is -0.146. The highest BCUT2D eigenvalue weighted by molar-refractivity contribution is 5.82. The molecule has 1 saturated heterocycles. The minimum absolute atomic E-state index is 0.0642. The first-order valence-electron chi connectivity index (χ1n) is 9.17. The van der Waals surface area contributed by atoms with Crippen molar-refractivity contribution in [2.24, 2.45) is 0 Å². The normalized spacial score (nSPS) is 23.6. The van der Waals surface area contributed by atoms with E-state index in [4.69, 9.17) is 4.74 Å². The van der Waals surface area contributed by atoms with Crippen LogP contribution in [0.15, 0.2) is 54.6 Å². The standard InChI is InChI=1S/C21H23FN2O2/c22-17-8-6-15(7-9-17)14-23-21(25)20-19(16-4-2-1-3-5-16)24(12-13-26-20)18-10-11-18/h1-9,18-20H,10-14H2,(H,23,25). The molecule has 136 valence electrons. The second-order valence-corrected chi connectivity index (χ2v) is 6.96. The predicted molar refractivity (Wildman–Crippen MR) is 96.9 cm³/mol. The number of benzene rings is 2. The molecule has 2 aliphatic rings. The van der Waals surface area contributed by atoms with Crippen LogP contribution in [0, 0.1) is 5.82 Å². The highest BCUT2D eigenvalue weighted by Gasteiger charge is 2.43. The van der Waals surface area contributed by atoms with Gasteiger partial charge in [0.25, 0.3) is 5.91 Å². The summed E-state index contributed by atoms with van der Waals surface area (Å²) in [6.07, 6.45) is 1.84. The molecule has 1 saturated carbocycles. The number of hydrogen-bond donors (Lipinski definition) is 1. The van der Waals surface area contributed by atoms with E-state index in [-0.39, 0.29) is 17.8 Å². The number of nitrogens with one attached hydrogen (secondary N) is 1. The number of nitrogens with zero attached hydrogens (tertiary/aromatic N) is 1. The van der Waals surface area contributed by atoms with Gasteiger partial charge in [0.2, 0.25) is 0 Å². The quantitative estimate of drug-likeness (QED) is 0.897. The third-order valence-electron chi connectivity index (χ3n) is 5.09. The molecule has 0 bridgehead atoms. The molecule has 1 N–H and O–H groups in total. The van der Waals surface area contributed by atoms with Crippen molar-refractivity contribution in [2.45, 2.75) is 37.6 Å². The molecule has 4 rings (SSSR count). The van der Waals surface area contributed by atoms with Crippen LogP contribution in [-0.2, 0) is 16.1 Å². The Kier molecular flexibility index (Phi) is 5.00. The van der Waals surface area contributed by atoms with Gasteiger partial charge in [-0.25, -0.2) is 4.39 Å². The van der Waals surface area contributed by atoms with Crippen LogP contribution in [0.5, 0.6) is 0 Å². The fraction of sp³-hybridized carbons (Fsp3) is 0.381. The first-order chi connectivity index (χ1) is 12.7. The molecule has 1 heterocycles. The largest absolute Gasteiger partial charge is 0.365 e. The minimum Gasteiger partial charge on any atom is -0.365 e. The van der Waals surface area contributed by atoms with E-state index < -0.39 is 6.10 Å². The van der Waals surface area contributed by atoms with Crippen molar-refractivity contribution >= 4 is 5.91 Å². The lowest BCUT2D eigenvalue weighted by Crippen LogP contribution is -2.52. The van der Waals surface area contributed by atoms with Crippen LogP contribution in [0.25, 0.3) is 0 Å². The zero-order valence-electron chi connectivity index (χ0n) is 14.6. The van der Waals surface area contributed by atoms with Crippen LogP contribution in [0.1, 0.15) is 30.0 Å². The summed E-state index contributed by atoms with van der Waals surface area (Å²) < 4.78 is 18.9. The summed E-state index contributed by atoms with van der Waals surface area (Å²) >= 11 is 0. The maximum Gasteiger partial charge on any atom is 0.251 e. The summed E-state index contributed by atoms with van der Waals surface area (Å²) in [6, 6.07) is 16.8. The van der Waals surface area contributed by atoms with E-state index in [0.717, 1.165) is 17.7 Å². The van der Waals surface area contributed by atoms with Gasteiger partial charge in [0, 0.05) is 19.1 Å². The summed E-state index contributed by atoms with van der Waals surface area (Å²) in [7, 11) is 0. The Bertz CT molecular complexity index is 746. The number of amides is 1. The highest BCUT2D eigenvalue weighted by Crippen LogP contribution is 2.38. The van der Waals surface area contributed by atoms with E-state index in [0.29, 0.717) is 19.2 Å². The van der Waals surface area contributed by atoms with Crippen molar-refractivity contribution in [3.8, 4) is 0 Å². The second kappa shape index (κ2) is 7.56. The van der Waals surface area contributed by atoms with Gasteiger partial charge in [0.1, 0.15) is 5.82 Å². The van der Waals surface area contributed by atoms with Crippen molar-refractivity contribution in [1.29, 1.82) is 0 Å². The SMILES string of the molecule is O=C(NCc1ccc(F)cc1)C1OCCN(C2CC2)C1c1ccccc1. The zero-order chi connectivity index (χ0) is 17.9. The van der Waals surface area contributed by atoms with Gasteiger partial charge in [0.05, 0.1) is 12.6 Å². The molecule has 2 unspecified atom stereocenters.